The molecule has 222 valence electrons. The number of benzene rings is 2. The van der Waals surface area contributed by atoms with Crippen molar-refractivity contribution in [1.29, 1.82) is 5.26 Å². The highest BCUT2D eigenvalue weighted by molar-refractivity contribution is 14.1. The Morgan fingerprint density at radius 1 is 1.19 bits per heavy atom. The fourth-order valence-electron chi connectivity index (χ4n) is 5.28. The second kappa shape index (κ2) is 13.1. The van der Waals surface area contributed by atoms with E-state index in [-0.39, 0.29) is 57.1 Å². The average molecular weight is 711 g/mol. The number of rotatable bonds is 7. The van der Waals surface area contributed by atoms with Gasteiger partial charge in [0.15, 0.2) is 0 Å². The van der Waals surface area contributed by atoms with Crippen LogP contribution in [0.2, 0.25) is 5.02 Å². The Hall–Kier alpha value is -3.08. The number of aromatic nitrogens is 1. The molecule has 3 aromatic rings. The monoisotopic (exact) mass is 710 g/mol. The molecule has 0 spiro atoms. The number of pyridine rings is 1. The normalized spacial score (nSPS) is 14.5. The van der Waals surface area contributed by atoms with E-state index in [4.69, 9.17) is 11.6 Å². The molecule has 1 fully saturated rings. The molecule has 2 heterocycles. The van der Waals surface area contributed by atoms with E-state index in [1.807, 2.05) is 22.6 Å². The van der Waals surface area contributed by atoms with E-state index in [0.717, 1.165) is 51.0 Å². The second-order valence-corrected chi connectivity index (χ2v) is 12.0. The predicted octanol–water partition coefficient (Wildman–Crippen LogP) is 6.64. The average Bonchev–Trinajstić information content (AvgIpc) is 2.94. The van der Waals surface area contributed by atoms with E-state index in [1.165, 1.54) is 29.2 Å². The Bertz CT molecular complexity index is 1590. The molecule has 2 aromatic carbocycles. The minimum absolute atomic E-state index is 0.0191. The molecule has 4 rings (SSSR count). The molecule has 1 aliphatic rings. The summed E-state index contributed by atoms with van der Waals surface area (Å²) in [6, 6.07) is 9.13. The topological polar surface area (TPSA) is 100 Å². The van der Waals surface area contributed by atoms with Gasteiger partial charge in [-0.2, -0.15) is 18.4 Å². The summed E-state index contributed by atoms with van der Waals surface area (Å²) in [7, 11) is 1.65. The van der Waals surface area contributed by atoms with Crippen LogP contribution < -0.4 is 5.56 Å². The van der Waals surface area contributed by atoms with Crippen molar-refractivity contribution in [2.45, 2.75) is 38.9 Å². The van der Waals surface area contributed by atoms with Crippen LogP contribution in [0.4, 0.5) is 13.2 Å². The van der Waals surface area contributed by atoms with E-state index in [2.05, 4.69) is 16.8 Å². The zero-order valence-corrected chi connectivity index (χ0v) is 25.9. The van der Waals surface area contributed by atoms with Crippen molar-refractivity contribution < 1.29 is 23.1 Å². The molecular weight excluding hydrogens is 682 g/mol. The van der Waals surface area contributed by atoms with Crippen LogP contribution in [0.1, 0.15) is 42.9 Å². The molecule has 0 saturated carbocycles. The molecule has 2 N–H and O–H groups in total. The Labute approximate surface area is 260 Å². The first-order chi connectivity index (χ1) is 19.8. The Kier molecular flexibility index (Phi) is 9.90. The van der Waals surface area contributed by atoms with Crippen molar-refractivity contribution in [3.05, 3.63) is 72.0 Å². The number of aromatic amines is 1. The van der Waals surface area contributed by atoms with E-state index in [1.54, 1.807) is 13.1 Å². The van der Waals surface area contributed by atoms with Crippen molar-refractivity contribution in [3.63, 3.8) is 0 Å². The van der Waals surface area contributed by atoms with Gasteiger partial charge in [0.05, 0.1) is 11.3 Å². The van der Waals surface area contributed by atoms with Gasteiger partial charge in [-0.05, 0) is 103 Å². The molecule has 0 bridgehead atoms. The van der Waals surface area contributed by atoms with Gasteiger partial charge >= 0.3 is 6.18 Å². The summed E-state index contributed by atoms with van der Waals surface area (Å²) in [5.74, 6) is -0.418. The van der Waals surface area contributed by atoms with Crippen molar-refractivity contribution in [2.24, 2.45) is 5.92 Å². The lowest BCUT2D eigenvalue weighted by Gasteiger charge is -2.33. The molecule has 42 heavy (non-hydrogen) atoms. The predicted molar refractivity (Wildman–Crippen MR) is 163 cm³/mol. The van der Waals surface area contributed by atoms with Crippen LogP contribution >= 0.6 is 34.2 Å². The molecule has 0 atom stereocenters. The third kappa shape index (κ3) is 6.93. The first-order valence-electron chi connectivity index (χ1n) is 13.4. The molecule has 1 amide bonds. The highest BCUT2D eigenvalue weighted by Gasteiger charge is 2.32. The fourth-order valence-corrected chi connectivity index (χ4v) is 6.15. The summed E-state index contributed by atoms with van der Waals surface area (Å²) in [5, 5.41) is 21.1. The quantitative estimate of drug-likeness (QED) is 0.268. The molecule has 12 heteroatoms. The summed E-state index contributed by atoms with van der Waals surface area (Å²) in [6.45, 7) is 4.87. The second-order valence-electron chi connectivity index (χ2n) is 10.4. The Balaban J connectivity index is 1.70. The largest absolute Gasteiger partial charge is 0.507 e. The van der Waals surface area contributed by atoms with Crippen LogP contribution in [0.15, 0.2) is 41.2 Å². The van der Waals surface area contributed by atoms with Gasteiger partial charge in [0.25, 0.3) is 5.56 Å². The number of amides is 1. The number of halogens is 5. The van der Waals surface area contributed by atoms with Crippen LogP contribution in [0, 0.1) is 20.8 Å². The number of nitriles is 1. The number of alkyl halides is 3. The van der Waals surface area contributed by atoms with Gasteiger partial charge in [-0.15, -0.1) is 0 Å². The number of aromatic hydroxyl groups is 1. The number of nitrogens with zero attached hydrogens (tertiary/aromatic N) is 3. The minimum Gasteiger partial charge on any atom is -0.507 e. The first-order valence-corrected chi connectivity index (χ1v) is 14.8. The van der Waals surface area contributed by atoms with Gasteiger partial charge in [0.2, 0.25) is 5.91 Å². The van der Waals surface area contributed by atoms with Crippen LogP contribution in [0.5, 0.6) is 5.75 Å². The van der Waals surface area contributed by atoms with Crippen molar-refractivity contribution in [1.82, 2.24) is 14.8 Å². The number of hydrogen-bond donors (Lipinski definition) is 2. The molecule has 0 unspecified atom stereocenters. The molecule has 0 radical (unpaired) electrons. The van der Waals surface area contributed by atoms with E-state index in [0.29, 0.717) is 9.13 Å². The molecule has 1 aliphatic heterocycles. The Morgan fingerprint density at radius 2 is 1.88 bits per heavy atom. The number of carbonyl (C=O) groups is 1. The van der Waals surface area contributed by atoms with Gasteiger partial charge in [-0.25, -0.2) is 0 Å². The van der Waals surface area contributed by atoms with E-state index < -0.39 is 17.3 Å². The highest BCUT2D eigenvalue weighted by Crippen LogP contribution is 2.39. The van der Waals surface area contributed by atoms with E-state index in [9.17, 15) is 33.1 Å². The third-order valence-electron chi connectivity index (χ3n) is 7.43. The third-order valence-corrected chi connectivity index (χ3v) is 8.59. The standard InChI is InChI=1S/C30H29ClF3IN4O3/c1-3-8-39-9-6-17(7-10-39)29(42)38(2)16-18-11-20(31)13-23(27(18)40)26-14-21(24(15-36)28(41)37-26)22-12-19(30(32,33)34)4-5-25(22)35/h4-5,11-14,17,40H,3,6-10,16H2,1-2H3,(H,37,41)/i35-2. The summed E-state index contributed by atoms with van der Waals surface area (Å²) >= 11 is 8.23. The Morgan fingerprint density at radius 3 is 2.50 bits per heavy atom. The number of phenols is 1. The number of piperidine rings is 1. The van der Waals surface area contributed by atoms with Gasteiger partial charge in [-0.3, -0.25) is 9.59 Å². The smallest absolute Gasteiger partial charge is 0.416 e. The fraction of sp³-hybridized carbons (Fsp3) is 0.367. The number of nitrogens with one attached hydrogen (secondary N) is 1. The highest BCUT2D eigenvalue weighted by atomic mass is 125. The molecule has 1 aromatic heterocycles. The number of phenolic OH excluding ortho intramolecular Hbond substituents is 1. The van der Waals surface area contributed by atoms with Crippen molar-refractivity contribution in [3.8, 4) is 34.2 Å². The maximum Gasteiger partial charge on any atom is 0.416 e. The lowest BCUT2D eigenvalue weighted by Crippen LogP contribution is -2.41. The lowest BCUT2D eigenvalue weighted by molar-refractivity contribution is -0.137. The molecule has 1 saturated heterocycles. The zero-order valence-electron chi connectivity index (χ0n) is 23.0. The van der Waals surface area contributed by atoms with Crippen LogP contribution in [0.3, 0.4) is 0 Å². The van der Waals surface area contributed by atoms with Crippen LogP contribution in [-0.4, -0.2) is 52.5 Å². The number of likely N-dealkylation sites (tertiary alicyclic amines) is 1. The maximum atomic E-state index is 13.5. The minimum atomic E-state index is -4.63. The van der Waals surface area contributed by atoms with Gasteiger partial charge in [0.1, 0.15) is 17.4 Å². The number of carbonyl (C=O) groups excluding carboxylic acids is 1. The zero-order chi connectivity index (χ0) is 30.8. The summed E-state index contributed by atoms with van der Waals surface area (Å²) in [6.07, 6.45) is -2.08. The van der Waals surface area contributed by atoms with Gasteiger partial charge < -0.3 is 19.9 Å². The summed E-state index contributed by atoms with van der Waals surface area (Å²) in [5.41, 5.74) is -1.61. The van der Waals surface area contributed by atoms with Crippen LogP contribution in [0.25, 0.3) is 22.4 Å². The lowest BCUT2D eigenvalue weighted by atomic mass is 9.94. The van der Waals surface area contributed by atoms with Gasteiger partial charge in [0, 0.05) is 44.8 Å². The van der Waals surface area contributed by atoms with Gasteiger partial charge in [-0.1, -0.05) is 18.5 Å². The molecule has 0 aliphatic carbocycles. The van der Waals surface area contributed by atoms with E-state index >= 15 is 0 Å². The van der Waals surface area contributed by atoms with Crippen molar-refractivity contribution in [2.75, 3.05) is 26.7 Å². The van der Waals surface area contributed by atoms with Crippen LogP contribution in [-0.2, 0) is 17.5 Å². The van der Waals surface area contributed by atoms with Crippen molar-refractivity contribution >= 4 is 40.1 Å². The summed E-state index contributed by atoms with van der Waals surface area (Å²) < 4.78 is 40.8. The molecular formula is C30H29ClF3IN4O3. The maximum absolute atomic E-state index is 13.5. The summed E-state index contributed by atoms with van der Waals surface area (Å²) in [4.78, 5) is 32.6. The first kappa shape index (κ1) is 31.8. The SMILES string of the molecule is CCCN1CCC(C(=O)N(C)Cc2cc(Cl)cc(-c3cc(-c4cc(C(F)(F)F)ccc4[125I])c(C#N)c(=O)[nH]3)c2O)CC1. The number of H-pyrrole nitrogens is 1. The molecule has 7 nitrogen and oxygen atoms in total. The number of hydrogen-bond acceptors (Lipinski definition) is 5.